The number of hydrogen-bond acceptors (Lipinski definition) is 4. The van der Waals surface area contributed by atoms with Crippen LogP contribution in [0.5, 0.6) is 0 Å². The van der Waals surface area contributed by atoms with Gasteiger partial charge < -0.3 is 10.0 Å². The Bertz CT molecular complexity index is 816. The van der Waals surface area contributed by atoms with Crippen LogP contribution in [0.25, 0.3) is 0 Å². The molecule has 0 radical (unpaired) electrons. The summed E-state index contributed by atoms with van der Waals surface area (Å²) >= 11 is 0. The molecular formula is C18H18N2O2S. The minimum absolute atomic E-state index is 0.486. The average molecular weight is 326 g/mol. The fourth-order valence-corrected chi connectivity index (χ4v) is 4.00. The highest BCUT2D eigenvalue weighted by atomic mass is 32.2. The lowest BCUT2D eigenvalue weighted by atomic mass is 9.94. The van der Waals surface area contributed by atoms with E-state index in [2.05, 4.69) is 4.99 Å². The van der Waals surface area contributed by atoms with Gasteiger partial charge in [-0.1, -0.05) is 36.4 Å². The van der Waals surface area contributed by atoms with E-state index in [1.807, 2.05) is 53.4 Å². The Morgan fingerprint density at radius 1 is 1.22 bits per heavy atom. The Hall–Kier alpha value is -1.98. The van der Waals surface area contributed by atoms with Crippen molar-refractivity contribution in [1.82, 2.24) is 4.90 Å². The van der Waals surface area contributed by atoms with Crippen LogP contribution in [0.4, 0.5) is 0 Å². The molecule has 2 atom stereocenters. The first kappa shape index (κ1) is 14.6. The van der Waals surface area contributed by atoms with Crippen molar-refractivity contribution >= 4 is 16.6 Å². The van der Waals surface area contributed by atoms with Gasteiger partial charge in [0.1, 0.15) is 5.84 Å². The first-order chi connectivity index (χ1) is 11.1. The van der Waals surface area contributed by atoms with Crippen molar-refractivity contribution in [1.29, 1.82) is 0 Å². The van der Waals surface area contributed by atoms with Gasteiger partial charge in [-0.15, -0.1) is 0 Å². The number of benzene rings is 2. The van der Waals surface area contributed by atoms with E-state index in [1.165, 1.54) is 0 Å². The van der Waals surface area contributed by atoms with Crippen molar-refractivity contribution in [2.75, 3.05) is 19.3 Å². The molecule has 2 aliphatic heterocycles. The summed E-state index contributed by atoms with van der Waals surface area (Å²) in [6.45, 7) is 1.46. The fourth-order valence-electron chi connectivity index (χ4n) is 3.48. The van der Waals surface area contributed by atoms with E-state index in [0.717, 1.165) is 40.5 Å². The van der Waals surface area contributed by atoms with E-state index in [4.69, 9.17) is 0 Å². The summed E-state index contributed by atoms with van der Waals surface area (Å²) in [4.78, 5) is 7.36. The van der Waals surface area contributed by atoms with Crippen LogP contribution in [0.1, 0.15) is 16.7 Å². The van der Waals surface area contributed by atoms with Crippen molar-refractivity contribution in [2.45, 2.75) is 17.0 Å². The summed E-state index contributed by atoms with van der Waals surface area (Å²) in [6, 6.07) is 15.6. The molecule has 4 nitrogen and oxygen atoms in total. The van der Waals surface area contributed by atoms with Crippen LogP contribution in [0.15, 0.2) is 58.4 Å². The highest BCUT2D eigenvalue weighted by Gasteiger charge is 2.48. The van der Waals surface area contributed by atoms with Crippen LogP contribution in [-0.2, 0) is 22.9 Å². The maximum atomic E-state index is 11.5. The summed E-state index contributed by atoms with van der Waals surface area (Å²) in [5.74, 6) is 0.898. The fraction of sp³-hybridized carbons (Fsp3) is 0.278. The van der Waals surface area contributed by atoms with Crippen LogP contribution in [-0.4, -0.2) is 39.4 Å². The lowest BCUT2D eigenvalue weighted by Gasteiger charge is -2.33. The Morgan fingerprint density at radius 3 is 2.70 bits per heavy atom. The van der Waals surface area contributed by atoms with Gasteiger partial charge in [-0.2, -0.15) is 0 Å². The summed E-state index contributed by atoms with van der Waals surface area (Å²) in [7, 11) is -0.984. The number of rotatable bonds is 3. The third-order valence-electron chi connectivity index (χ3n) is 4.59. The van der Waals surface area contributed by atoms with E-state index in [9.17, 15) is 9.32 Å². The summed E-state index contributed by atoms with van der Waals surface area (Å²) in [6.07, 6.45) is 2.16. The zero-order valence-corrected chi connectivity index (χ0v) is 13.7. The van der Waals surface area contributed by atoms with Gasteiger partial charge in [0.15, 0.2) is 5.72 Å². The van der Waals surface area contributed by atoms with Crippen molar-refractivity contribution in [3.05, 3.63) is 65.2 Å². The van der Waals surface area contributed by atoms with E-state index >= 15 is 0 Å². The van der Waals surface area contributed by atoms with Crippen molar-refractivity contribution in [3.8, 4) is 0 Å². The van der Waals surface area contributed by atoms with Gasteiger partial charge in [0.05, 0.1) is 6.54 Å². The van der Waals surface area contributed by atoms with E-state index in [1.54, 1.807) is 6.26 Å². The van der Waals surface area contributed by atoms with Crippen LogP contribution < -0.4 is 0 Å². The number of aliphatic imine (C=N–C) groups is 1. The summed E-state index contributed by atoms with van der Waals surface area (Å²) < 4.78 is 11.5. The average Bonchev–Trinajstić information content (AvgIpc) is 3.12. The Balaban J connectivity index is 1.73. The van der Waals surface area contributed by atoms with Crippen LogP contribution >= 0.6 is 0 Å². The molecule has 0 aromatic heterocycles. The van der Waals surface area contributed by atoms with Crippen LogP contribution in [0, 0.1) is 0 Å². The highest BCUT2D eigenvalue weighted by Crippen LogP contribution is 2.41. The first-order valence-corrected chi connectivity index (χ1v) is 9.22. The van der Waals surface area contributed by atoms with E-state index in [-0.39, 0.29) is 0 Å². The Morgan fingerprint density at radius 2 is 1.96 bits per heavy atom. The molecule has 0 aliphatic carbocycles. The van der Waals surface area contributed by atoms with Crippen molar-refractivity contribution in [2.24, 2.45) is 4.99 Å². The topological polar surface area (TPSA) is 52.9 Å². The standard InChI is InChI=1S/C18H18N2O2S/c1-23(22)14-8-6-13(7-9-14)12-18(21)16-5-3-2-4-15(16)17-19-10-11-20(17)18/h2-9,21H,10-12H2,1H3. The van der Waals surface area contributed by atoms with Gasteiger partial charge in [-0.05, 0) is 17.7 Å². The largest absolute Gasteiger partial charge is 0.366 e. The third-order valence-corrected chi connectivity index (χ3v) is 5.53. The van der Waals surface area contributed by atoms with Gasteiger partial charge in [-0.3, -0.25) is 9.20 Å². The SMILES string of the molecule is CS(=O)c1ccc(CC2(O)c3ccccc3C3=NCCN32)cc1. The second kappa shape index (κ2) is 5.28. The summed E-state index contributed by atoms with van der Waals surface area (Å²) in [5.41, 5.74) is 1.91. The third kappa shape index (κ3) is 2.23. The quantitative estimate of drug-likeness (QED) is 0.937. The van der Waals surface area contributed by atoms with Crippen molar-refractivity contribution < 1.29 is 9.32 Å². The first-order valence-electron chi connectivity index (χ1n) is 7.66. The van der Waals surface area contributed by atoms with E-state index < -0.39 is 16.5 Å². The van der Waals surface area contributed by atoms with E-state index in [0.29, 0.717) is 6.42 Å². The number of nitrogens with zero attached hydrogens (tertiary/aromatic N) is 2. The second-order valence-corrected chi connectivity index (χ2v) is 7.37. The molecule has 0 spiro atoms. The molecule has 4 rings (SSSR count). The molecule has 2 unspecified atom stereocenters. The highest BCUT2D eigenvalue weighted by molar-refractivity contribution is 7.84. The minimum Gasteiger partial charge on any atom is -0.366 e. The smallest absolute Gasteiger partial charge is 0.170 e. The molecule has 5 heteroatoms. The van der Waals surface area contributed by atoms with Gasteiger partial charge in [0.25, 0.3) is 0 Å². The maximum Gasteiger partial charge on any atom is 0.170 e. The van der Waals surface area contributed by atoms with Crippen LogP contribution in [0.3, 0.4) is 0 Å². The van der Waals surface area contributed by atoms with Gasteiger partial charge in [-0.25, -0.2) is 0 Å². The van der Waals surface area contributed by atoms with Crippen LogP contribution in [0.2, 0.25) is 0 Å². The van der Waals surface area contributed by atoms with Gasteiger partial charge in [0.2, 0.25) is 0 Å². The number of fused-ring (bicyclic) bond motifs is 3. The number of aliphatic hydroxyl groups is 1. The van der Waals surface area contributed by atoms with Crippen molar-refractivity contribution in [3.63, 3.8) is 0 Å². The second-order valence-electron chi connectivity index (χ2n) is 5.99. The lowest BCUT2D eigenvalue weighted by Crippen LogP contribution is -2.44. The van der Waals surface area contributed by atoms with Gasteiger partial charge in [0, 0.05) is 46.0 Å². The molecule has 0 fully saturated rings. The number of amidine groups is 1. The normalized spacial score (nSPS) is 23.4. The molecule has 0 saturated heterocycles. The molecule has 0 saturated carbocycles. The molecule has 2 aliphatic rings. The molecule has 0 amide bonds. The molecule has 2 aromatic rings. The predicted molar refractivity (Wildman–Crippen MR) is 90.9 cm³/mol. The number of hydrogen-bond donors (Lipinski definition) is 1. The lowest BCUT2D eigenvalue weighted by molar-refractivity contribution is -0.0637. The molecule has 0 bridgehead atoms. The zero-order valence-electron chi connectivity index (χ0n) is 12.9. The zero-order chi connectivity index (χ0) is 16.0. The molecule has 2 aromatic carbocycles. The summed E-state index contributed by atoms with van der Waals surface area (Å²) in [5, 5.41) is 11.4. The molecule has 23 heavy (non-hydrogen) atoms. The van der Waals surface area contributed by atoms with Gasteiger partial charge >= 0.3 is 0 Å². The minimum atomic E-state index is -1.06. The molecule has 2 heterocycles. The maximum absolute atomic E-state index is 11.5. The molecular weight excluding hydrogens is 308 g/mol. The monoisotopic (exact) mass is 326 g/mol. The molecule has 118 valence electrons. The Kier molecular flexibility index (Phi) is 3.36. The Labute approximate surface area is 137 Å². The predicted octanol–water partition coefficient (Wildman–Crippen LogP) is 1.89. The molecule has 1 N–H and O–H groups in total.